The molecule has 0 bridgehead atoms. The molecule has 0 saturated carbocycles. The van der Waals surface area contributed by atoms with Crippen molar-refractivity contribution in [2.24, 2.45) is 0 Å². The van der Waals surface area contributed by atoms with Crippen LogP contribution in [0, 0.1) is 0 Å². The minimum absolute atomic E-state index is 0.323. The van der Waals surface area contributed by atoms with Crippen LogP contribution in [0.25, 0.3) is 22.4 Å². The highest BCUT2D eigenvalue weighted by molar-refractivity contribution is 6.32. The third-order valence-corrected chi connectivity index (χ3v) is 2.79. The van der Waals surface area contributed by atoms with Gasteiger partial charge in [0.15, 0.2) is 10.3 Å². The Morgan fingerprint density at radius 3 is 2.35 bits per heavy atom. The van der Waals surface area contributed by atoms with Crippen molar-refractivity contribution in [2.75, 3.05) is 0 Å². The molecule has 2 heterocycles. The second-order valence-electron chi connectivity index (χ2n) is 3.46. The molecule has 0 fully saturated rings. The molecule has 3 rings (SSSR count). The van der Waals surface area contributed by atoms with Gasteiger partial charge in [0.05, 0.1) is 16.7 Å². The van der Waals surface area contributed by atoms with Crippen LogP contribution in [0.4, 0.5) is 0 Å². The molecule has 0 aliphatic carbocycles. The average molecular weight is 265 g/mol. The molecule has 0 atom stereocenters. The summed E-state index contributed by atoms with van der Waals surface area (Å²) in [7, 11) is 0. The summed E-state index contributed by atoms with van der Waals surface area (Å²) in [5.41, 5.74) is 2.73. The smallest absolute Gasteiger partial charge is 0.157 e. The molecule has 0 amide bonds. The predicted octanol–water partition coefficient (Wildman–Crippen LogP) is 3.33. The summed E-state index contributed by atoms with van der Waals surface area (Å²) in [4.78, 5) is 8.71. The van der Waals surface area contributed by atoms with Gasteiger partial charge in [-0.25, -0.2) is 9.97 Å². The van der Waals surface area contributed by atoms with Gasteiger partial charge in [-0.3, -0.25) is 5.10 Å². The quantitative estimate of drug-likeness (QED) is 0.734. The maximum absolute atomic E-state index is 6.08. The fourth-order valence-electron chi connectivity index (χ4n) is 1.57. The maximum atomic E-state index is 6.08. The topological polar surface area (TPSA) is 54.5 Å². The third kappa shape index (κ3) is 1.85. The summed E-state index contributed by atoms with van der Waals surface area (Å²) in [5.74, 6) is 0. The van der Waals surface area contributed by atoms with Crippen LogP contribution in [0.5, 0.6) is 0 Å². The summed E-state index contributed by atoms with van der Waals surface area (Å²) in [6, 6.07) is 9.18. The molecule has 0 aliphatic heterocycles. The lowest BCUT2D eigenvalue weighted by atomic mass is 10.2. The highest BCUT2D eigenvalue weighted by atomic mass is 35.5. The van der Waals surface area contributed by atoms with Crippen LogP contribution < -0.4 is 0 Å². The predicted molar refractivity (Wildman–Crippen MR) is 67.1 cm³/mol. The molecule has 1 N–H and O–H groups in total. The fraction of sp³-hybridized carbons (Fsp3) is 0. The van der Waals surface area contributed by atoms with Crippen LogP contribution in [0.1, 0.15) is 0 Å². The Bertz CT molecular complexity index is 693. The SMILES string of the molecule is Clc1cc(-c2nc3ccccc3nc2Cl)[nH]n1. The number of nitrogens with one attached hydrogen (secondary N) is 1. The van der Waals surface area contributed by atoms with Gasteiger partial charge >= 0.3 is 0 Å². The molecule has 0 aliphatic rings. The lowest BCUT2D eigenvalue weighted by molar-refractivity contribution is 1.09. The van der Waals surface area contributed by atoms with E-state index < -0.39 is 0 Å². The normalized spacial score (nSPS) is 10.9. The molecule has 3 aromatic rings. The van der Waals surface area contributed by atoms with E-state index in [4.69, 9.17) is 23.2 Å². The molecule has 2 aromatic heterocycles. The zero-order valence-electron chi connectivity index (χ0n) is 8.48. The number of rotatable bonds is 1. The van der Waals surface area contributed by atoms with E-state index in [-0.39, 0.29) is 0 Å². The molecule has 4 nitrogen and oxygen atoms in total. The fourth-order valence-corrected chi connectivity index (χ4v) is 1.95. The van der Waals surface area contributed by atoms with Gasteiger partial charge in [-0.1, -0.05) is 35.3 Å². The second-order valence-corrected chi connectivity index (χ2v) is 4.20. The van der Waals surface area contributed by atoms with Crippen molar-refractivity contribution in [1.82, 2.24) is 20.2 Å². The maximum Gasteiger partial charge on any atom is 0.157 e. The number of H-pyrrole nitrogens is 1. The van der Waals surface area contributed by atoms with Crippen LogP contribution >= 0.6 is 23.2 Å². The Morgan fingerprint density at radius 2 is 1.71 bits per heavy atom. The summed E-state index contributed by atoms with van der Waals surface area (Å²) in [6.45, 7) is 0. The summed E-state index contributed by atoms with van der Waals surface area (Å²) in [5, 5.41) is 7.28. The highest BCUT2D eigenvalue weighted by Crippen LogP contribution is 2.26. The number of fused-ring (bicyclic) bond motifs is 1. The lowest BCUT2D eigenvalue weighted by Crippen LogP contribution is -1.91. The molecule has 6 heteroatoms. The Labute approximate surface area is 107 Å². The zero-order chi connectivity index (χ0) is 11.8. The number of hydrogen-bond acceptors (Lipinski definition) is 3. The largest absolute Gasteiger partial charge is 0.275 e. The standard InChI is InChI=1S/C11H6Cl2N4/c12-9-5-8(16-17-9)10-11(13)15-7-4-2-1-3-6(7)14-10/h1-5H,(H,16,17). The first-order valence-corrected chi connectivity index (χ1v) is 5.63. The van der Waals surface area contributed by atoms with Gasteiger partial charge in [0, 0.05) is 6.07 Å². The molecule has 1 aromatic carbocycles. The Balaban J connectivity index is 2.26. The molecule has 0 saturated heterocycles. The van der Waals surface area contributed by atoms with Crippen LogP contribution in [0.15, 0.2) is 30.3 Å². The van der Waals surface area contributed by atoms with E-state index in [2.05, 4.69) is 20.2 Å². The van der Waals surface area contributed by atoms with Crippen molar-refractivity contribution < 1.29 is 0 Å². The number of benzene rings is 1. The number of hydrogen-bond donors (Lipinski definition) is 1. The molecule has 0 radical (unpaired) electrons. The molecule has 0 spiro atoms. The number of nitrogens with zero attached hydrogens (tertiary/aromatic N) is 3. The van der Waals surface area contributed by atoms with Gasteiger partial charge in [-0.05, 0) is 12.1 Å². The van der Waals surface area contributed by atoms with Gasteiger partial charge in [0.2, 0.25) is 0 Å². The molecule has 17 heavy (non-hydrogen) atoms. The molecule has 84 valence electrons. The minimum Gasteiger partial charge on any atom is -0.275 e. The van der Waals surface area contributed by atoms with Gasteiger partial charge in [-0.15, -0.1) is 0 Å². The van der Waals surface area contributed by atoms with Crippen molar-refractivity contribution >= 4 is 34.2 Å². The van der Waals surface area contributed by atoms with Gasteiger partial charge in [0.25, 0.3) is 0 Å². The van der Waals surface area contributed by atoms with E-state index in [0.29, 0.717) is 21.7 Å². The van der Waals surface area contributed by atoms with Crippen molar-refractivity contribution in [1.29, 1.82) is 0 Å². The number of halogens is 2. The van der Waals surface area contributed by atoms with Crippen LogP contribution in [0.2, 0.25) is 10.3 Å². The first-order valence-electron chi connectivity index (χ1n) is 4.87. The van der Waals surface area contributed by atoms with Crippen LogP contribution in [-0.4, -0.2) is 20.2 Å². The Hall–Kier alpha value is -1.65. The van der Waals surface area contributed by atoms with Gasteiger partial charge in [-0.2, -0.15) is 5.10 Å². The van der Waals surface area contributed by atoms with E-state index in [0.717, 1.165) is 11.0 Å². The Kier molecular flexibility index (Phi) is 2.46. The molecule has 0 unspecified atom stereocenters. The first kappa shape index (κ1) is 10.5. The highest BCUT2D eigenvalue weighted by Gasteiger charge is 2.11. The molecular weight excluding hydrogens is 259 g/mol. The number of para-hydroxylation sites is 2. The van der Waals surface area contributed by atoms with E-state index in [1.165, 1.54) is 0 Å². The monoisotopic (exact) mass is 264 g/mol. The zero-order valence-corrected chi connectivity index (χ0v) is 10.00. The van der Waals surface area contributed by atoms with Crippen molar-refractivity contribution in [3.63, 3.8) is 0 Å². The van der Waals surface area contributed by atoms with E-state index in [1.807, 2.05) is 24.3 Å². The lowest BCUT2D eigenvalue weighted by Gasteiger charge is -2.02. The third-order valence-electron chi connectivity index (χ3n) is 2.33. The van der Waals surface area contributed by atoms with E-state index in [9.17, 15) is 0 Å². The first-order chi connectivity index (χ1) is 8.24. The minimum atomic E-state index is 0.323. The van der Waals surface area contributed by atoms with E-state index in [1.54, 1.807) is 6.07 Å². The van der Waals surface area contributed by atoms with Crippen LogP contribution in [-0.2, 0) is 0 Å². The van der Waals surface area contributed by atoms with Crippen molar-refractivity contribution in [3.05, 3.63) is 40.6 Å². The van der Waals surface area contributed by atoms with E-state index >= 15 is 0 Å². The van der Waals surface area contributed by atoms with Crippen molar-refractivity contribution in [2.45, 2.75) is 0 Å². The average Bonchev–Trinajstić information content (AvgIpc) is 2.75. The van der Waals surface area contributed by atoms with Gasteiger partial charge in [0.1, 0.15) is 5.69 Å². The van der Waals surface area contributed by atoms with Gasteiger partial charge < -0.3 is 0 Å². The summed E-state index contributed by atoms with van der Waals surface area (Å²) in [6.07, 6.45) is 0. The van der Waals surface area contributed by atoms with Crippen molar-refractivity contribution in [3.8, 4) is 11.4 Å². The second kappa shape index (κ2) is 3.98. The number of aromatic nitrogens is 4. The Morgan fingerprint density at radius 1 is 1.00 bits per heavy atom. The van der Waals surface area contributed by atoms with Crippen LogP contribution in [0.3, 0.4) is 0 Å². The number of aromatic amines is 1. The summed E-state index contributed by atoms with van der Waals surface area (Å²) >= 11 is 11.8. The summed E-state index contributed by atoms with van der Waals surface area (Å²) < 4.78 is 0. The molecular formula is C11H6Cl2N4.